The molecule has 108 valence electrons. The average molecular weight is 276 g/mol. The van der Waals surface area contributed by atoms with E-state index in [1.54, 1.807) is 6.07 Å². The van der Waals surface area contributed by atoms with E-state index in [2.05, 4.69) is 10.6 Å². The predicted molar refractivity (Wildman–Crippen MR) is 75.7 cm³/mol. The summed E-state index contributed by atoms with van der Waals surface area (Å²) in [6, 6.07) is 7.43. The van der Waals surface area contributed by atoms with Gasteiger partial charge < -0.3 is 15.7 Å². The Kier molecular flexibility index (Phi) is 4.39. The molecule has 3 N–H and O–H groups in total. The molecular formula is C15H20N2O3. The Bertz CT molecular complexity index is 510. The van der Waals surface area contributed by atoms with Crippen molar-refractivity contribution in [3.05, 3.63) is 35.4 Å². The first-order chi connectivity index (χ1) is 9.59. The molecule has 0 saturated heterocycles. The van der Waals surface area contributed by atoms with Crippen LogP contribution in [0.1, 0.15) is 28.8 Å². The summed E-state index contributed by atoms with van der Waals surface area (Å²) < 4.78 is 0. The van der Waals surface area contributed by atoms with Crippen LogP contribution < -0.4 is 10.6 Å². The molecule has 0 unspecified atom stereocenters. The van der Waals surface area contributed by atoms with Crippen LogP contribution in [-0.2, 0) is 11.2 Å². The molecule has 5 heteroatoms. The molecule has 1 aromatic carbocycles. The minimum absolute atomic E-state index is 0.191. The number of nitrogens with one attached hydrogen (secondary N) is 2. The lowest BCUT2D eigenvalue weighted by Crippen LogP contribution is -2.34. The largest absolute Gasteiger partial charge is 0.481 e. The zero-order valence-corrected chi connectivity index (χ0v) is 11.6. The van der Waals surface area contributed by atoms with Gasteiger partial charge in [-0.3, -0.25) is 9.59 Å². The molecule has 1 fully saturated rings. The summed E-state index contributed by atoms with van der Waals surface area (Å²) in [5.74, 6) is -1.01. The van der Waals surface area contributed by atoms with Crippen LogP contribution in [0.15, 0.2) is 24.3 Å². The molecule has 1 aliphatic carbocycles. The quantitative estimate of drug-likeness (QED) is 0.695. The summed E-state index contributed by atoms with van der Waals surface area (Å²) in [5.41, 5.74) is 0.874. The summed E-state index contributed by atoms with van der Waals surface area (Å²) in [6.45, 7) is 1.00. The van der Waals surface area contributed by atoms with Crippen LogP contribution in [0, 0.1) is 5.41 Å². The van der Waals surface area contributed by atoms with Gasteiger partial charge in [0.05, 0.1) is 5.41 Å². The summed E-state index contributed by atoms with van der Waals surface area (Å²) >= 11 is 0. The lowest BCUT2D eigenvalue weighted by atomic mass is 10.0. The van der Waals surface area contributed by atoms with Gasteiger partial charge in [-0.05, 0) is 44.5 Å². The molecule has 0 radical (unpaired) electrons. The van der Waals surface area contributed by atoms with E-state index in [1.165, 1.54) is 0 Å². The number of carboxylic acids is 1. The summed E-state index contributed by atoms with van der Waals surface area (Å²) in [4.78, 5) is 23.3. The van der Waals surface area contributed by atoms with E-state index in [9.17, 15) is 9.59 Å². The molecule has 0 heterocycles. The predicted octanol–water partition coefficient (Wildman–Crippen LogP) is 1.04. The van der Waals surface area contributed by atoms with E-state index < -0.39 is 11.4 Å². The van der Waals surface area contributed by atoms with Gasteiger partial charge in [-0.2, -0.15) is 0 Å². The summed E-state index contributed by atoms with van der Waals surface area (Å²) in [6.07, 6.45) is 2.05. The van der Waals surface area contributed by atoms with Gasteiger partial charge in [0.15, 0.2) is 0 Å². The van der Waals surface area contributed by atoms with E-state index in [0.29, 0.717) is 18.4 Å². The molecule has 0 atom stereocenters. The fourth-order valence-corrected chi connectivity index (χ4v) is 2.18. The zero-order chi connectivity index (χ0) is 14.6. The van der Waals surface area contributed by atoms with Crippen LogP contribution in [0.3, 0.4) is 0 Å². The second kappa shape index (κ2) is 6.05. The lowest BCUT2D eigenvalue weighted by Gasteiger charge is -2.13. The fraction of sp³-hybridized carbons (Fsp3) is 0.467. The lowest BCUT2D eigenvalue weighted by molar-refractivity contribution is -0.143. The van der Waals surface area contributed by atoms with Crippen molar-refractivity contribution >= 4 is 11.9 Å². The highest BCUT2D eigenvalue weighted by molar-refractivity contribution is 5.96. The first-order valence-electron chi connectivity index (χ1n) is 6.83. The van der Waals surface area contributed by atoms with Crippen LogP contribution in [-0.4, -0.2) is 37.1 Å². The molecule has 1 saturated carbocycles. The van der Waals surface area contributed by atoms with Gasteiger partial charge in [-0.1, -0.05) is 18.2 Å². The fourth-order valence-electron chi connectivity index (χ4n) is 2.18. The second-order valence-electron chi connectivity index (χ2n) is 5.28. The molecule has 20 heavy (non-hydrogen) atoms. The number of amides is 1. The van der Waals surface area contributed by atoms with Crippen LogP contribution in [0.2, 0.25) is 0 Å². The van der Waals surface area contributed by atoms with Crippen molar-refractivity contribution in [3.8, 4) is 0 Å². The van der Waals surface area contributed by atoms with Gasteiger partial charge in [-0.15, -0.1) is 0 Å². The van der Waals surface area contributed by atoms with E-state index in [1.807, 2.05) is 25.2 Å². The van der Waals surface area contributed by atoms with Crippen LogP contribution in [0.4, 0.5) is 0 Å². The topological polar surface area (TPSA) is 78.4 Å². The standard InChI is InChI=1S/C15H20N2O3/c1-16-9-6-11-4-2-3-5-12(11)13(18)17-10-15(7-8-15)14(19)20/h2-5,16H,6-10H2,1H3,(H,17,18)(H,19,20). The highest BCUT2D eigenvalue weighted by Gasteiger charge is 2.50. The Labute approximate surface area is 118 Å². The minimum atomic E-state index is -0.818. The molecular weight excluding hydrogens is 256 g/mol. The highest BCUT2D eigenvalue weighted by Crippen LogP contribution is 2.45. The van der Waals surface area contributed by atoms with Crippen molar-refractivity contribution in [1.29, 1.82) is 0 Å². The molecule has 5 nitrogen and oxygen atoms in total. The number of rotatable bonds is 7. The van der Waals surface area contributed by atoms with Gasteiger partial charge in [0.2, 0.25) is 0 Å². The number of aliphatic carboxylic acids is 1. The first kappa shape index (κ1) is 14.5. The number of benzene rings is 1. The molecule has 2 rings (SSSR count). The van der Waals surface area contributed by atoms with Gasteiger partial charge >= 0.3 is 5.97 Å². The third-order valence-electron chi connectivity index (χ3n) is 3.80. The van der Waals surface area contributed by atoms with Gasteiger partial charge in [-0.25, -0.2) is 0 Å². The van der Waals surface area contributed by atoms with E-state index in [0.717, 1.165) is 18.5 Å². The molecule has 0 aliphatic heterocycles. The van der Waals surface area contributed by atoms with Crippen molar-refractivity contribution in [1.82, 2.24) is 10.6 Å². The smallest absolute Gasteiger partial charge is 0.311 e. The molecule has 1 amide bonds. The third kappa shape index (κ3) is 3.17. The van der Waals surface area contributed by atoms with Crippen molar-refractivity contribution in [3.63, 3.8) is 0 Å². The average Bonchev–Trinajstić information content (AvgIpc) is 3.24. The van der Waals surface area contributed by atoms with Gasteiger partial charge in [0.25, 0.3) is 5.91 Å². The SMILES string of the molecule is CNCCc1ccccc1C(=O)NCC1(C(=O)O)CC1. The maximum atomic E-state index is 12.2. The zero-order valence-electron chi connectivity index (χ0n) is 11.6. The van der Waals surface area contributed by atoms with E-state index in [-0.39, 0.29) is 12.5 Å². The Morgan fingerprint density at radius 1 is 1.30 bits per heavy atom. The van der Waals surface area contributed by atoms with Crippen LogP contribution in [0.5, 0.6) is 0 Å². The van der Waals surface area contributed by atoms with E-state index >= 15 is 0 Å². The number of carbonyl (C=O) groups is 2. The Balaban J connectivity index is 2.00. The van der Waals surface area contributed by atoms with Crippen LogP contribution in [0.25, 0.3) is 0 Å². The maximum absolute atomic E-state index is 12.2. The first-order valence-corrected chi connectivity index (χ1v) is 6.83. The summed E-state index contributed by atoms with van der Waals surface area (Å²) in [5, 5.41) is 14.9. The minimum Gasteiger partial charge on any atom is -0.481 e. The van der Waals surface area contributed by atoms with Gasteiger partial charge in [0.1, 0.15) is 0 Å². The monoisotopic (exact) mass is 276 g/mol. The number of likely N-dealkylation sites (N-methyl/N-ethyl adjacent to an activating group) is 1. The number of hydrogen-bond acceptors (Lipinski definition) is 3. The molecule has 1 aromatic rings. The normalized spacial score (nSPS) is 15.7. The van der Waals surface area contributed by atoms with Crippen molar-refractivity contribution in [2.24, 2.45) is 5.41 Å². The highest BCUT2D eigenvalue weighted by atomic mass is 16.4. The maximum Gasteiger partial charge on any atom is 0.311 e. The molecule has 0 aromatic heterocycles. The molecule has 0 bridgehead atoms. The van der Waals surface area contributed by atoms with E-state index in [4.69, 9.17) is 5.11 Å². The Morgan fingerprint density at radius 3 is 2.60 bits per heavy atom. The van der Waals surface area contributed by atoms with Crippen molar-refractivity contribution in [2.45, 2.75) is 19.3 Å². The Hall–Kier alpha value is -1.88. The van der Waals surface area contributed by atoms with Crippen molar-refractivity contribution in [2.75, 3.05) is 20.1 Å². The number of carbonyl (C=O) groups excluding carboxylic acids is 1. The number of hydrogen-bond donors (Lipinski definition) is 3. The summed E-state index contributed by atoms with van der Waals surface area (Å²) in [7, 11) is 1.87. The molecule has 1 aliphatic rings. The third-order valence-corrected chi connectivity index (χ3v) is 3.80. The molecule has 0 spiro atoms. The second-order valence-corrected chi connectivity index (χ2v) is 5.28. The van der Waals surface area contributed by atoms with Crippen LogP contribution >= 0.6 is 0 Å². The van der Waals surface area contributed by atoms with Crippen molar-refractivity contribution < 1.29 is 14.7 Å². The number of carboxylic acid groups (broad SMARTS) is 1. The Morgan fingerprint density at radius 2 is 2.00 bits per heavy atom. The van der Waals surface area contributed by atoms with Gasteiger partial charge in [0, 0.05) is 12.1 Å².